The highest BCUT2D eigenvalue weighted by Gasteiger charge is 2.31. The minimum absolute atomic E-state index is 0.0124. The van der Waals surface area contributed by atoms with Crippen molar-refractivity contribution in [3.63, 3.8) is 0 Å². The van der Waals surface area contributed by atoms with Gasteiger partial charge in [0.15, 0.2) is 0 Å². The van der Waals surface area contributed by atoms with Crippen molar-refractivity contribution in [1.29, 1.82) is 0 Å². The third-order valence-corrected chi connectivity index (χ3v) is 5.98. The normalized spacial score (nSPS) is 16.0. The molecule has 28 heavy (non-hydrogen) atoms. The second-order valence-electron chi connectivity index (χ2n) is 7.24. The first-order chi connectivity index (χ1) is 13.5. The first-order valence-corrected chi connectivity index (χ1v) is 10.1. The average Bonchev–Trinajstić information content (AvgIpc) is 3.12. The maximum Gasteiger partial charge on any atom is 0.244 e. The molecule has 2 aromatic carbocycles. The number of hydrogen-bond donors (Lipinski definition) is 0. The molecule has 1 atom stereocenters. The molecule has 1 unspecified atom stereocenters. The van der Waals surface area contributed by atoms with Gasteiger partial charge in [-0.15, -0.1) is 0 Å². The van der Waals surface area contributed by atoms with Crippen LogP contribution in [0.4, 0.5) is 10.2 Å². The van der Waals surface area contributed by atoms with Crippen molar-refractivity contribution in [2.45, 2.75) is 6.04 Å². The lowest BCUT2D eigenvalue weighted by molar-refractivity contribution is -0.136. The van der Waals surface area contributed by atoms with Gasteiger partial charge in [-0.05, 0) is 55.5 Å². The van der Waals surface area contributed by atoms with Crippen molar-refractivity contribution in [2.75, 3.05) is 45.2 Å². The molecule has 146 valence electrons. The molecule has 0 saturated carbocycles. The molecule has 1 aliphatic heterocycles. The van der Waals surface area contributed by atoms with Gasteiger partial charge in [0, 0.05) is 31.6 Å². The summed E-state index contributed by atoms with van der Waals surface area (Å²) in [6.45, 7) is 2.74. The molecule has 0 N–H and O–H groups in total. The molecule has 1 aliphatic rings. The van der Waals surface area contributed by atoms with Crippen molar-refractivity contribution in [1.82, 2.24) is 14.2 Å². The van der Waals surface area contributed by atoms with E-state index in [9.17, 15) is 9.18 Å². The van der Waals surface area contributed by atoms with E-state index in [0.29, 0.717) is 18.7 Å². The summed E-state index contributed by atoms with van der Waals surface area (Å²) in [5, 5.41) is 1.17. The minimum Gasteiger partial charge on any atom is -0.352 e. The predicted molar refractivity (Wildman–Crippen MR) is 111 cm³/mol. The van der Waals surface area contributed by atoms with Crippen LogP contribution in [0.2, 0.25) is 0 Å². The van der Waals surface area contributed by atoms with Crippen LogP contribution in [0, 0.1) is 5.82 Å². The van der Waals surface area contributed by atoms with E-state index >= 15 is 0 Å². The molecule has 1 aromatic heterocycles. The summed E-state index contributed by atoms with van der Waals surface area (Å²) in [6, 6.07) is 14.0. The zero-order valence-corrected chi connectivity index (χ0v) is 16.8. The van der Waals surface area contributed by atoms with Crippen LogP contribution in [-0.4, -0.2) is 60.4 Å². The summed E-state index contributed by atoms with van der Waals surface area (Å²) in [5.41, 5.74) is 0.683. The number of carbonyl (C=O) groups is 1. The molecule has 0 aliphatic carbocycles. The van der Waals surface area contributed by atoms with Gasteiger partial charge in [0.25, 0.3) is 0 Å². The molecule has 2 heterocycles. The summed E-state index contributed by atoms with van der Waals surface area (Å²) >= 11 is 1.51. The topological polar surface area (TPSA) is 39.7 Å². The fourth-order valence-electron chi connectivity index (χ4n) is 3.75. The second kappa shape index (κ2) is 7.85. The zero-order chi connectivity index (χ0) is 19.7. The molecule has 1 fully saturated rings. The van der Waals surface area contributed by atoms with Crippen LogP contribution in [0.1, 0.15) is 11.6 Å². The summed E-state index contributed by atoms with van der Waals surface area (Å²) in [5.74, 6) is 0.692. The number of rotatable bonds is 4. The molecule has 0 spiro atoms. The van der Waals surface area contributed by atoms with Gasteiger partial charge in [0.1, 0.15) is 17.7 Å². The second-order valence-corrected chi connectivity index (χ2v) is 8.04. The first-order valence-electron chi connectivity index (χ1n) is 9.34. The van der Waals surface area contributed by atoms with E-state index in [0.717, 1.165) is 18.9 Å². The Morgan fingerprint density at radius 1 is 1.11 bits per heavy atom. The monoisotopic (exact) mass is 398 g/mol. The fourth-order valence-corrected chi connectivity index (χ4v) is 4.55. The number of piperazine rings is 1. The van der Waals surface area contributed by atoms with Gasteiger partial charge in [-0.1, -0.05) is 24.3 Å². The number of hydrogen-bond acceptors (Lipinski definition) is 5. The summed E-state index contributed by atoms with van der Waals surface area (Å²) in [4.78, 5) is 19.2. The maximum absolute atomic E-state index is 13.7. The zero-order valence-electron chi connectivity index (χ0n) is 16.0. The van der Waals surface area contributed by atoms with Crippen LogP contribution >= 0.6 is 11.5 Å². The van der Waals surface area contributed by atoms with Crippen molar-refractivity contribution < 1.29 is 9.18 Å². The van der Waals surface area contributed by atoms with Gasteiger partial charge in [0.05, 0.1) is 4.70 Å². The maximum atomic E-state index is 13.7. The van der Waals surface area contributed by atoms with E-state index in [1.807, 2.05) is 42.1 Å². The Balaban J connectivity index is 1.48. The Hall–Kier alpha value is -2.51. The third kappa shape index (κ3) is 3.59. The molecule has 7 heteroatoms. The van der Waals surface area contributed by atoms with Gasteiger partial charge in [-0.2, -0.15) is 4.37 Å². The van der Waals surface area contributed by atoms with E-state index in [4.69, 9.17) is 0 Å². The molecule has 1 amide bonds. The van der Waals surface area contributed by atoms with Gasteiger partial charge in [0.2, 0.25) is 5.91 Å². The Morgan fingerprint density at radius 2 is 1.86 bits per heavy atom. The van der Waals surface area contributed by atoms with Crippen molar-refractivity contribution in [2.24, 2.45) is 0 Å². The average molecular weight is 399 g/mol. The third-order valence-electron chi connectivity index (χ3n) is 5.16. The number of aromatic nitrogens is 1. The smallest absolute Gasteiger partial charge is 0.244 e. The Bertz CT molecular complexity index is 981. The molecular formula is C21H23FN4OS. The van der Waals surface area contributed by atoms with Gasteiger partial charge in [-0.3, -0.25) is 9.69 Å². The van der Waals surface area contributed by atoms with Crippen LogP contribution in [-0.2, 0) is 4.79 Å². The van der Waals surface area contributed by atoms with E-state index < -0.39 is 6.04 Å². The number of nitrogens with zero attached hydrogens (tertiary/aromatic N) is 4. The van der Waals surface area contributed by atoms with E-state index in [1.54, 1.807) is 6.07 Å². The largest absolute Gasteiger partial charge is 0.352 e. The number of amides is 1. The minimum atomic E-state index is -0.484. The summed E-state index contributed by atoms with van der Waals surface area (Å²) < 4.78 is 19.5. The van der Waals surface area contributed by atoms with E-state index in [2.05, 4.69) is 21.4 Å². The van der Waals surface area contributed by atoms with E-state index in [-0.39, 0.29) is 11.7 Å². The lowest BCUT2D eigenvalue weighted by Gasteiger charge is -2.38. The van der Waals surface area contributed by atoms with Crippen molar-refractivity contribution >= 4 is 33.3 Å². The number of carbonyl (C=O) groups excluding carboxylic acids is 1. The van der Waals surface area contributed by atoms with Crippen molar-refractivity contribution in [3.8, 4) is 0 Å². The quantitative estimate of drug-likeness (QED) is 0.675. The molecular weight excluding hydrogens is 375 g/mol. The number of fused-ring (bicyclic) bond motifs is 1. The predicted octanol–water partition coefficient (Wildman–Crippen LogP) is 3.39. The van der Waals surface area contributed by atoms with Crippen LogP contribution in [0.25, 0.3) is 10.1 Å². The van der Waals surface area contributed by atoms with Crippen LogP contribution in [0.3, 0.4) is 0 Å². The number of halogens is 1. The van der Waals surface area contributed by atoms with Crippen LogP contribution in [0.15, 0.2) is 48.5 Å². The Morgan fingerprint density at radius 3 is 2.57 bits per heavy atom. The van der Waals surface area contributed by atoms with Gasteiger partial charge < -0.3 is 9.80 Å². The summed E-state index contributed by atoms with van der Waals surface area (Å²) in [7, 11) is 3.70. The van der Waals surface area contributed by atoms with Crippen LogP contribution in [0.5, 0.6) is 0 Å². The Kier molecular flexibility index (Phi) is 5.28. The van der Waals surface area contributed by atoms with Gasteiger partial charge in [-0.25, -0.2) is 4.39 Å². The number of benzene rings is 2. The highest BCUT2D eigenvalue weighted by Crippen LogP contribution is 2.30. The van der Waals surface area contributed by atoms with Crippen molar-refractivity contribution in [3.05, 3.63) is 59.9 Å². The first kappa shape index (κ1) is 18.8. The number of anilines is 1. The summed E-state index contributed by atoms with van der Waals surface area (Å²) in [6.07, 6.45) is 0. The standard InChI is InChI=1S/C21H23FN4OS/c1-24(2)19(15-6-5-7-16(22)14-15)21(27)26-12-10-25(11-13-26)20-17-8-3-4-9-18(17)28-23-20/h3-9,14,19H,10-13H2,1-2H3. The van der Waals surface area contributed by atoms with E-state index in [1.165, 1.54) is 33.8 Å². The SMILES string of the molecule is CN(C)C(C(=O)N1CCN(c2nsc3ccccc23)CC1)c1cccc(F)c1. The fraction of sp³-hybridized carbons (Fsp3) is 0.333. The lowest BCUT2D eigenvalue weighted by atomic mass is 10.0. The van der Waals surface area contributed by atoms with Gasteiger partial charge >= 0.3 is 0 Å². The molecule has 3 aromatic rings. The highest BCUT2D eigenvalue weighted by atomic mass is 32.1. The van der Waals surface area contributed by atoms with Crippen LogP contribution < -0.4 is 4.90 Å². The number of likely N-dealkylation sites (N-methyl/N-ethyl adjacent to an activating group) is 1. The molecule has 0 radical (unpaired) electrons. The lowest BCUT2D eigenvalue weighted by Crippen LogP contribution is -2.51. The highest BCUT2D eigenvalue weighted by molar-refractivity contribution is 7.13. The molecule has 4 rings (SSSR count). The molecule has 1 saturated heterocycles. The molecule has 0 bridgehead atoms. The molecule has 5 nitrogen and oxygen atoms in total. The Labute approximate surface area is 168 Å².